The molecule has 0 aromatic carbocycles. The minimum Gasteiger partial charge on any atom is -0.311 e. The molecular formula is C14H29N. The Bertz CT molecular complexity index is 147. The number of hydrogen-bond donors (Lipinski definition) is 1. The summed E-state index contributed by atoms with van der Waals surface area (Å²) in [5.74, 6) is 0.908. The molecule has 0 saturated carbocycles. The Morgan fingerprint density at radius 3 is 2.13 bits per heavy atom. The molecule has 1 atom stereocenters. The Kier molecular flexibility index (Phi) is 10.0. The molecule has 0 aliphatic carbocycles. The summed E-state index contributed by atoms with van der Waals surface area (Å²) < 4.78 is 0. The summed E-state index contributed by atoms with van der Waals surface area (Å²) in [6, 6.07) is 0.583. The SMILES string of the molecule is CCC=CC(CC)NCCC(CC)CC. The van der Waals surface area contributed by atoms with Crippen LogP contribution in [-0.2, 0) is 0 Å². The van der Waals surface area contributed by atoms with E-state index in [2.05, 4.69) is 45.2 Å². The van der Waals surface area contributed by atoms with E-state index in [4.69, 9.17) is 0 Å². The van der Waals surface area contributed by atoms with Crippen molar-refractivity contribution >= 4 is 0 Å². The molecule has 0 aromatic rings. The summed E-state index contributed by atoms with van der Waals surface area (Å²) in [7, 11) is 0. The zero-order chi connectivity index (χ0) is 11.5. The lowest BCUT2D eigenvalue weighted by Gasteiger charge is -2.16. The van der Waals surface area contributed by atoms with Gasteiger partial charge in [-0.15, -0.1) is 0 Å². The average Bonchev–Trinajstić information content (AvgIpc) is 2.28. The van der Waals surface area contributed by atoms with Gasteiger partial charge in [-0.2, -0.15) is 0 Å². The number of allylic oxidation sites excluding steroid dienone is 1. The Morgan fingerprint density at radius 2 is 1.67 bits per heavy atom. The predicted octanol–water partition coefficient (Wildman–Crippen LogP) is 4.15. The van der Waals surface area contributed by atoms with E-state index in [1.54, 1.807) is 0 Å². The van der Waals surface area contributed by atoms with Gasteiger partial charge in [-0.25, -0.2) is 0 Å². The van der Waals surface area contributed by atoms with Gasteiger partial charge in [0, 0.05) is 6.04 Å². The van der Waals surface area contributed by atoms with Crippen molar-refractivity contribution in [2.45, 2.75) is 65.8 Å². The van der Waals surface area contributed by atoms with Crippen molar-refractivity contribution in [3.05, 3.63) is 12.2 Å². The number of rotatable bonds is 9. The highest BCUT2D eigenvalue weighted by Gasteiger charge is 2.04. The van der Waals surface area contributed by atoms with E-state index >= 15 is 0 Å². The van der Waals surface area contributed by atoms with E-state index in [1.165, 1.54) is 32.2 Å². The molecule has 1 heteroatoms. The summed E-state index contributed by atoms with van der Waals surface area (Å²) in [4.78, 5) is 0. The third kappa shape index (κ3) is 7.61. The summed E-state index contributed by atoms with van der Waals surface area (Å²) in [6.07, 6.45) is 10.9. The summed E-state index contributed by atoms with van der Waals surface area (Å²) >= 11 is 0. The van der Waals surface area contributed by atoms with Crippen LogP contribution in [0.4, 0.5) is 0 Å². The van der Waals surface area contributed by atoms with Crippen LogP contribution in [0.2, 0.25) is 0 Å². The molecule has 0 heterocycles. The molecule has 1 nitrogen and oxygen atoms in total. The van der Waals surface area contributed by atoms with Gasteiger partial charge in [0.05, 0.1) is 0 Å². The molecule has 0 rings (SSSR count). The zero-order valence-corrected chi connectivity index (χ0v) is 11.1. The number of hydrogen-bond acceptors (Lipinski definition) is 1. The van der Waals surface area contributed by atoms with Gasteiger partial charge < -0.3 is 5.32 Å². The van der Waals surface area contributed by atoms with Crippen molar-refractivity contribution in [1.29, 1.82) is 0 Å². The van der Waals surface area contributed by atoms with Gasteiger partial charge in [-0.05, 0) is 31.7 Å². The molecule has 15 heavy (non-hydrogen) atoms. The number of nitrogens with one attached hydrogen (secondary N) is 1. The van der Waals surface area contributed by atoms with E-state index in [9.17, 15) is 0 Å². The Balaban J connectivity index is 3.66. The first kappa shape index (κ1) is 14.7. The topological polar surface area (TPSA) is 12.0 Å². The van der Waals surface area contributed by atoms with E-state index in [1.807, 2.05) is 0 Å². The minimum atomic E-state index is 0.583. The highest BCUT2D eigenvalue weighted by atomic mass is 14.9. The van der Waals surface area contributed by atoms with Gasteiger partial charge in [0.1, 0.15) is 0 Å². The maximum atomic E-state index is 3.62. The maximum Gasteiger partial charge on any atom is 0.0247 e. The lowest BCUT2D eigenvalue weighted by molar-refractivity contribution is 0.426. The molecule has 0 bridgehead atoms. The highest BCUT2D eigenvalue weighted by Crippen LogP contribution is 2.11. The van der Waals surface area contributed by atoms with Crippen molar-refractivity contribution < 1.29 is 0 Å². The highest BCUT2D eigenvalue weighted by molar-refractivity contribution is 4.91. The molecule has 0 saturated heterocycles. The fraction of sp³-hybridized carbons (Fsp3) is 0.857. The maximum absolute atomic E-state index is 3.62. The third-order valence-electron chi connectivity index (χ3n) is 3.16. The van der Waals surface area contributed by atoms with E-state index in [-0.39, 0.29) is 0 Å². The first-order valence-electron chi connectivity index (χ1n) is 6.68. The molecule has 90 valence electrons. The van der Waals surface area contributed by atoms with Gasteiger partial charge in [0.2, 0.25) is 0 Å². The second-order valence-corrected chi connectivity index (χ2v) is 4.28. The Labute approximate surface area is 96.3 Å². The zero-order valence-electron chi connectivity index (χ0n) is 11.1. The van der Waals surface area contributed by atoms with Gasteiger partial charge in [-0.1, -0.05) is 52.7 Å². The van der Waals surface area contributed by atoms with Crippen LogP contribution >= 0.6 is 0 Å². The molecule has 0 fully saturated rings. The van der Waals surface area contributed by atoms with Crippen molar-refractivity contribution in [2.75, 3.05) is 6.54 Å². The fourth-order valence-corrected chi connectivity index (χ4v) is 1.82. The van der Waals surface area contributed by atoms with Crippen LogP contribution in [0.1, 0.15) is 59.8 Å². The summed E-state index contributed by atoms with van der Waals surface area (Å²) in [5.41, 5.74) is 0. The van der Waals surface area contributed by atoms with Crippen molar-refractivity contribution in [3.8, 4) is 0 Å². The van der Waals surface area contributed by atoms with Gasteiger partial charge in [0.15, 0.2) is 0 Å². The quantitative estimate of drug-likeness (QED) is 0.565. The van der Waals surface area contributed by atoms with Crippen LogP contribution in [-0.4, -0.2) is 12.6 Å². The smallest absolute Gasteiger partial charge is 0.0247 e. The van der Waals surface area contributed by atoms with Crippen LogP contribution in [0, 0.1) is 5.92 Å². The molecule has 1 unspecified atom stereocenters. The molecular weight excluding hydrogens is 182 g/mol. The van der Waals surface area contributed by atoms with E-state index in [0.29, 0.717) is 6.04 Å². The third-order valence-corrected chi connectivity index (χ3v) is 3.16. The van der Waals surface area contributed by atoms with E-state index < -0.39 is 0 Å². The molecule has 0 aromatic heterocycles. The van der Waals surface area contributed by atoms with Crippen LogP contribution in [0.25, 0.3) is 0 Å². The van der Waals surface area contributed by atoms with Crippen molar-refractivity contribution in [2.24, 2.45) is 5.92 Å². The molecule has 0 amide bonds. The average molecular weight is 211 g/mol. The monoisotopic (exact) mass is 211 g/mol. The summed E-state index contributed by atoms with van der Waals surface area (Å²) in [5, 5.41) is 3.62. The van der Waals surface area contributed by atoms with Gasteiger partial charge >= 0.3 is 0 Å². The van der Waals surface area contributed by atoms with Crippen LogP contribution in [0.3, 0.4) is 0 Å². The molecule has 0 aliphatic heterocycles. The molecule has 0 radical (unpaired) electrons. The van der Waals surface area contributed by atoms with Crippen LogP contribution < -0.4 is 5.32 Å². The van der Waals surface area contributed by atoms with Gasteiger partial charge in [0.25, 0.3) is 0 Å². The molecule has 0 spiro atoms. The predicted molar refractivity (Wildman–Crippen MR) is 70.2 cm³/mol. The Hall–Kier alpha value is -0.300. The van der Waals surface area contributed by atoms with Gasteiger partial charge in [-0.3, -0.25) is 0 Å². The normalized spacial score (nSPS) is 13.9. The minimum absolute atomic E-state index is 0.583. The van der Waals surface area contributed by atoms with Crippen molar-refractivity contribution in [3.63, 3.8) is 0 Å². The lowest BCUT2D eigenvalue weighted by atomic mass is 9.99. The summed E-state index contributed by atoms with van der Waals surface area (Å²) in [6.45, 7) is 10.2. The Morgan fingerprint density at radius 1 is 1.00 bits per heavy atom. The molecule has 0 aliphatic rings. The van der Waals surface area contributed by atoms with Crippen LogP contribution in [0.5, 0.6) is 0 Å². The first-order valence-corrected chi connectivity index (χ1v) is 6.68. The lowest BCUT2D eigenvalue weighted by Crippen LogP contribution is -2.28. The fourth-order valence-electron chi connectivity index (χ4n) is 1.82. The van der Waals surface area contributed by atoms with Crippen LogP contribution in [0.15, 0.2) is 12.2 Å². The second-order valence-electron chi connectivity index (χ2n) is 4.28. The largest absolute Gasteiger partial charge is 0.311 e. The standard InChI is InChI=1S/C14H29N/c1-5-9-10-14(8-4)15-12-11-13(6-2)7-3/h9-10,13-15H,5-8,11-12H2,1-4H3. The second kappa shape index (κ2) is 10.2. The van der Waals surface area contributed by atoms with Crippen molar-refractivity contribution in [1.82, 2.24) is 5.32 Å². The van der Waals surface area contributed by atoms with E-state index in [0.717, 1.165) is 12.3 Å². The molecule has 1 N–H and O–H groups in total. The first-order chi connectivity index (χ1) is 7.28.